The van der Waals surface area contributed by atoms with Crippen LogP contribution in [0.1, 0.15) is 6.92 Å². The van der Waals surface area contributed by atoms with Gasteiger partial charge in [0, 0.05) is 25.0 Å². The monoisotopic (exact) mass is 385 g/mol. The first-order valence-electron chi connectivity index (χ1n) is 8.30. The molecule has 4 rings (SSSR count). The van der Waals surface area contributed by atoms with Crippen molar-refractivity contribution < 1.29 is 4.74 Å². The fourth-order valence-corrected chi connectivity index (χ4v) is 3.30. The fourth-order valence-electron chi connectivity index (χ4n) is 3.00. The van der Waals surface area contributed by atoms with E-state index in [0.29, 0.717) is 16.7 Å². The number of hydrogen-bond donors (Lipinski definition) is 0. The summed E-state index contributed by atoms with van der Waals surface area (Å²) < 4.78 is 9.59. The van der Waals surface area contributed by atoms with Gasteiger partial charge in [-0.25, -0.2) is 4.98 Å². The van der Waals surface area contributed by atoms with Gasteiger partial charge in [0.05, 0.1) is 28.0 Å². The maximum absolute atomic E-state index is 6.13. The average molecular weight is 386 g/mol. The van der Waals surface area contributed by atoms with Gasteiger partial charge in [0.25, 0.3) is 0 Å². The molecule has 0 bridgehead atoms. The zero-order valence-electron chi connectivity index (χ0n) is 14.4. The third-order valence-electron chi connectivity index (χ3n) is 4.31. The molecule has 0 fully saturated rings. The third kappa shape index (κ3) is 2.96. The summed E-state index contributed by atoms with van der Waals surface area (Å²) in [6.07, 6.45) is 4.06. The highest BCUT2D eigenvalue weighted by molar-refractivity contribution is 6.42. The fraction of sp³-hybridized carbons (Fsp3) is 0.150. The first-order chi connectivity index (χ1) is 12.6. The molecule has 0 aliphatic heterocycles. The minimum atomic E-state index is 0.524. The van der Waals surface area contributed by atoms with Gasteiger partial charge in [0.15, 0.2) is 0 Å². The predicted octanol–water partition coefficient (Wildman–Crippen LogP) is 5.71. The summed E-state index contributed by atoms with van der Waals surface area (Å²) in [7, 11) is 2.01. The van der Waals surface area contributed by atoms with Crippen molar-refractivity contribution in [2.24, 2.45) is 7.05 Å². The number of hydrogen-bond acceptors (Lipinski definition) is 2. The van der Waals surface area contributed by atoms with Gasteiger partial charge in [-0.1, -0.05) is 29.3 Å². The van der Waals surface area contributed by atoms with Gasteiger partial charge in [-0.05, 0) is 48.9 Å². The Morgan fingerprint density at radius 1 is 0.962 bits per heavy atom. The van der Waals surface area contributed by atoms with Crippen molar-refractivity contribution in [3.8, 4) is 28.3 Å². The Balaban J connectivity index is 1.72. The minimum Gasteiger partial charge on any atom is -0.494 e. The van der Waals surface area contributed by atoms with E-state index in [1.165, 1.54) is 0 Å². The molecule has 4 aromatic rings. The van der Waals surface area contributed by atoms with Gasteiger partial charge in [-0.2, -0.15) is 0 Å². The standard InChI is InChI=1S/C20H17Cl2N3O/c1-3-26-15-7-4-13(5-8-15)19-12-25-11-18(23-20(25)24(19)2)14-6-9-16(21)17(22)10-14/h4-12H,3H2,1-2H3. The number of halogens is 2. The Labute approximate surface area is 161 Å². The van der Waals surface area contributed by atoms with Crippen LogP contribution in [-0.2, 0) is 7.05 Å². The number of imidazole rings is 2. The van der Waals surface area contributed by atoms with Crippen molar-refractivity contribution in [1.82, 2.24) is 14.0 Å². The average Bonchev–Trinajstić information content (AvgIpc) is 3.18. The van der Waals surface area contributed by atoms with Gasteiger partial charge in [-0.3, -0.25) is 4.40 Å². The highest BCUT2D eigenvalue weighted by atomic mass is 35.5. The largest absolute Gasteiger partial charge is 0.494 e. The maximum Gasteiger partial charge on any atom is 0.214 e. The lowest BCUT2D eigenvalue weighted by Gasteiger charge is -2.06. The Bertz CT molecular complexity index is 1080. The molecule has 2 aromatic heterocycles. The summed E-state index contributed by atoms with van der Waals surface area (Å²) in [6.45, 7) is 2.64. The summed E-state index contributed by atoms with van der Waals surface area (Å²) in [5, 5.41) is 1.06. The molecule has 0 aliphatic rings. The number of benzene rings is 2. The number of rotatable bonds is 4. The van der Waals surface area contributed by atoms with Crippen LogP contribution in [-0.4, -0.2) is 20.6 Å². The van der Waals surface area contributed by atoms with Crippen LogP contribution in [0.4, 0.5) is 0 Å². The van der Waals surface area contributed by atoms with Gasteiger partial charge in [-0.15, -0.1) is 0 Å². The minimum absolute atomic E-state index is 0.524. The van der Waals surface area contributed by atoms with Crippen LogP contribution in [0.25, 0.3) is 28.3 Å². The molecule has 132 valence electrons. The molecule has 26 heavy (non-hydrogen) atoms. The normalized spacial score (nSPS) is 11.2. The summed E-state index contributed by atoms with van der Waals surface area (Å²) in [6, 6.07) is 13.6. The SMILES string of the molecule is CCOc1ccc(-c2cn3cc(-c4ccc(Cl)c(Cl)c4)nc3n2C)cc1. The van der Waals surface area contributed by atoms with E-state index in [9.17, 15) is 0 Å². The van der Waals surface area contributed by atoms with Crippen molar-refractivity contribution in [1.29, 1.82) is 0 Å². The topological polar surface area (TPSA) is 31.5 Å². The second-order valence-corrected chi connectivity index (χ2v) is 6.81. The second kappa shape index (κ2) is 6.71. The quantitative estimate of drug-likeness (QED) is 0.450. The Morgan fingerprint density at radius 2 is 1.69 bits per heavy atom. The highest BCUT2D eigenvalue weighted by Crippen LogP contribution is 2.30. The number of aryl methyl sites for hydroxylation is 1. The van der Waals surface area contributed by atoms with E-state index in [0.717, 1.165) is 34.0 Å². The van der Waals surface area contributed by atoms with Crippen molar-refractivity contribution in [3.63, 3.8) is 0 Å². The van der Waals surface area contributed by atoms with Crippen LogP contribution in [0.15, 0.2) is 54.9 Å². The Morgan fingerprint density at radius 3 is 2.35 bits per heavy atom. The smallest absolute Gasteiger partial charge is 0.214 e. The summed E-state index contributed by atoms with van der Waals surface area (Å²) in [5.74, 6) is 1.73. The van der Waals surface area contributed by atoms with E-state index in [-0.39, 0.29) is 0 Å². The van der Waals surface area contributed by atoms with Crippen LogP contribution in [0.2, 0.25) is 10.0 Å². The first-order valence-corrected chi connectivity index (χ1v) is 9.05. The van der Waals surface area contributed by atoms with E-state index >= 15 is 0 Å². The van der Waals surface area contributed by atoms with Gasteiger partial charge in [0.1, 0.15) is 5.75 Å². The van der Waals surface area contributed by atoms with Crippen molar-refractivity contribution in [2.45, 2.75) is 6.92 Å². The number of fused-ring (bicyclic) bond motifs is 1. The highest BCUT2D eigenvalue weighted by Gasteiger charge is 2.13. The molecule has 0 N–H and O–H groups in total. The molecule has 4 nitrogen and oxygen atoms in total. The Hall–Kier alpha value is -2.43. The van der Waals surface area contributed by atoms with Crippen molar-refractivity contribution in [2.75, 3.05) is 6.61 Å². The summed E-state index contributed by atoms with van der Waals surface area (Å²) in [4.78, 5) is 4.75. The first kappa shape index (κ1) is 17.0. The number of ether oxygens (including phenoxy) is 1. The molecule has 0 unspecified atom stereocenters. The van der Waals surface area contributed by atoms with Crippen molar-refractivity contribution in [3.05, 3.63) is 64.9 Å². The molecular formula is C20H17Cl2N3O. The van der Waals surface area contributed by atoms with Crippen LogP contribution < -0.4 is 4.74 Å². The molecule has 2 heterocycles. The molecule has 0 radical (unpaired) electrons. The van der Waals surface area contributed by atoms with Crippen LogP contribution in [0.5, 0.6) is 5.75 Å². The summed E-state index contributed by atoms with van der Waals surface area (Å²) >= 11 is 12.1. The summed E-state index contributed by atoms with van der Waals surface area (Å²) in [5.41, 5.74) is 3.98. The van der Waals surface area contributed by atoms with Gasteiger partial charge < -0.3 is 9.30 Å². The van der Waals surface area contributed by atoms with Gasteiger partial charge in [0.2, 0.25) is 5.78 Å². The van der Waals surface area contributed by atoms with Crippen molar-refractivity contribution >= 4 is 29.0 Å². The van der Waals surface area contributed by atoms with E-state index in [4.69, 9.17) is 32.9 Å². The molecular weight excluding hydrogens is 369 g/mol. The van der Waals surface area contributed by atoms with Gasteiger partial charge >= 0.3 is 0 Å². The molecule has 2 aromatic carbocycles. The molecule has 0 saturated carbocycles. The van der Waals surface area contributed by atoms with Crippen LogP contribution >= 0.6 is 23.2 Å². The maximum atomic E-state index is 6.13. The third-order valence-corrected chi connectivity index (χ3v) is 5.05. The van der Waals surface area contributed by atoms with E-state index < -0.39 is 0 Å². The zero-order valence-corrected chi connectivity index (χ0v) is 15.9. The number of aromatic nitrogens is 3. The molecule has 0 atom stereocenters. The van der Waals surface area contributed by atoms with E-state index in [2.05, 4.69) is 22.9 Å². The molecule has 6 heteroatoms. The molecule has 0 amide bonds. The lowest BCUT2D eigenvalue weighted by molar-refractivity contribution is 0.340. The zero-order chi connectivity index (χ0) is 18.3. The van der Waals surface area contributed by atoms with Crippen LogP contribution in [0, 0.1) is 0 Å². The van der Waals surface area contributed by atoms with E-state index in [1.54, 1.807) is 6.07 Å². The lowest BCUT2D eigenvalue weighted by Crippen LogP contribution is -1.94. The lowest BCUT2D eigenvalue weighted by atomic mass is 10.1. The molecule has 0 saturated heterocycles. The molecule has 0 aliphatic carbocycles. The molecule has 0 spiro atoms. The Kier molecular flexibility index (Phi) is 4.39. The number of nitrogens with zero attached hydrogens (tertiary/aromatic N) is 3. The predicted molar refractivity (Wildman–Crippen MR) is 106 cm³/mol. The van der Waals surface area contributed by atoms with E-state index in [1.807, 2.05) is 48.8 Å². The van der Waals surface area contributed by atoms with Crippen LogP contribution in [0.3, 0.4) is 0 Å². The second-order valence-electron chi connectivity index (χ2n) is 5.99.